The van der Waals surface area contributed by atoms with Crippen molar-refractivity contribution in [1.82, 2.24) is 5.43 Å². The number of hydrogen-bond acceptors (Lipinski definition) is 2. The molecule has 0 bridgehead atoms. The lowest BCUT2D eigenvalue weighted by Crippen LogP contribution is -2.25. The van der Waals surface area contributed by atoms with Crippen LogP contribution in [-0.4, -0.2) is 12.3 Å². The zero-order chi connectivity index (χ0) is 6.81. The molecule has 2 heteroatoms. The molecule has 1 aliphatic carbocycles. The first-order valence-corrected chi connectivity index (χ1v) is 4.25. The Morgan fingerprint density at radius 1 is 1.20 bits per heavy atom. The van der Waals surface area contributed by atoms with Crippen molar-refractivity contribution < 1.29 is 0 Å². The maximum atomic E-state index is 4.09. The van der Waals surface area contributed by atoms with Crippen LogP contribution in [0.1, 0.15) is 32.1 Å². The van der Waals surface area contributed by atoms with Crippen molar-refractivity contribution in [2.24, 2.45) is 11.0 Å². The van der Waals surface area contributed by atoms with E-state index in [9.17, 15) is 0 Å². The Hall–Kier alpha value is -0.530. The lowest BCUT2D eigenvalue weighted by atomic mass is 9.98. The van der Waals surface area contributed by atoms with Crippen LogP contribution in [0.25, 0.3) is 0 Å². The Labute approximate surface area is 61.7 Å². The number of fused-ring (bicyclic) bond motifs is 1. The molecule has 2 unspecified atom stereocenters. The van der Waals surface area contributed by atoms with Gasteiger partial charge in [-0.2, -0.15) is 5.10 Å². The molecule has 0 saturated heterocycles. The number of rotatable bonds is 0. The average molecular weight is 138 g/mol. The highest BCUT2D eigenvalue weighted by molar-refractivity contribution is 5.63. The fourth-order valence-corrected chi connectivity index (χ4v) is 1.91. The van der Waals surface area contributed by atoms with Crippen molar-refractivity contribution in [2.75, 3.05) is 0 Å². The van der Waals surface area contributed by atoms with Crippen LogP contribution in [0.4, 0.5) is 0 Å². The van der Waals surface area contributed by atoms with Crippen LogP contribution in [-0.2, 0) is 0 Å². The zero-order valence-electron chi connectivity index (χ0n) is 6.21. The van der Waals surface area contributed by atoms with Gasteiger partial charge < -0.3 is 5.43 Å². The summed E-state index contributed by atoms with van der Waals surface area (Å²) in [6.07, 6.45) is 8.97. The highest BCUT2D eigenvalue weighted by Gasteiger charge is 2.24. The van der Waals surface area contributed by atoms with Gasteiger partial charge in [0.05, 0.1) is 6.04 Å². The van der Waals surface area contributed by atoms with Crippen LogP contribution in [0.15, 0.2) is 5.10 Å². The molecule has 10 heavy (non-hydrogen) atoms. The predicted molar refractivity (Wildman–Crippen MR) is 42.0 cm³/mol. The van der Waals surface area contributed by atoms with E-state index in [0.717, 1.165) is 5.92 Å². The fraction of sp³-hybridized carbons (Fsp3) is 0.875. The third-order valence-electron chi connectivity index (χ3n) is 2.58. The first-order chi connectivity index (χ1) is 4.97. The number of nitrogens with zero attached hydrogens (tertiary/aromatic N) is 1. The van der Waals surface area contributed by atoms with Crippen molar-refractivity contribution in [2.45, 2.75) is 38.1 Å². The van der Waals surface area contributed by atoms with Crippen molar-refractivity contribution >= 4 is 6.21 Å². The van der Waals surface area contributed by atoms with E-state index in [-0.39, 0.29) is 0 Å². The quantitative estimate of drug-likeness (QED) is 0.539. The summed E-state index contributed by atoms with van der Waals surface area (Å²) in [5, 5.41) is 4.09. The Bertz CT molecular complexity index is 142. The van der Waals surface area contributed by atoms with Crippen LogP contribution in [0.5, 0.6) is 0 Å². The summed E-state index contributed by atoms with van der Waals surface area (Å²) < 4.78 is 0. The molecule has 0 amide bonds. The molecule has 1 aliphatic heterocycles. The number of hydrogen-bond donors (Lipinski definition) is 1. The van der Waals surface area contributed by atoms with E-state index in [0.29, 0.717) is 6.04 Å². The summed E-state index contributed by atoms with van der Waals surface area (Å²) in [7, 11) is 0. The summed E-state index contributed by atoms with van der Waals surface area (Å²) in [4.78, 5) is 0. The van der Waals surface area contributed by atoms with Crippen molar-refractivity contribution in [1.29, 1.82) is 0 Å². The topological polar surface area (TPSA) is 24.4 Å². The van der Waals surface area contributed by atoms with Gasteiger partial charge in [-0.15, -0.1) is 0 Å². The molecular weight excluding hydrogens is 124 g/mol. The Morgan fingerprint density at radius 3 is 3.10 bits per heavy atom. The number of nitrogens with one attached hydrogen (secondary N) is 1. The molecule has 0 radical (unpaired) electrons. The summed E-state index contributed by atoms with van der Waals surface area (Å²) in [5.41, 5.74) is 3.17. The molecule has 2 atom stereocenters. The second kappa shape index (κ2) is 2.60. The van der Waals surface area contributed by atoms with E-state index < -0.39 is 0 Å². The molecule has 1 saturated carbocycles. The lowest BCUT2D eigenvalue weighted by molar-refractivity contribution is 0.456. The van der Waals surface area contributed by atoms with Gasteiger partial charge >= 0.3 is 0 Å². The van der Waals surface area contributed by atoms with E-state index in [4.69, 9.17) is 0 Å². The Balaban J connectivity index is 2.00. The summed E-state index contributed by atoms with van der Waals surface area (Å²) in [5.74, 6) is 0.752. The second-order valence-electron chi connectivity index (χ2n) is 3.32. The minimum atomic E-state index is 0.683. The largest absolute Gasteiger partial charge is 0.307 e. The molecule has 1 fully saturated rings. The molecular formula is C8H14N2. The smallest absolute Gasteiger partial charge is 0.0518 e. The maximum absolute atomic E-state index is 4.09. The molecule has 1 N–H and O–H groups in total. The zero-order valence-corrected chi connectivity index (χ0v) is 6.21. The van der Waals surface area contributed by atoms with E-state index in [1.54, 1.807) is 0 Å². The first kappa shape index (κ1) is 6.20. The van der Waals surface area contributed by atoms with Crippen molar-refractivity contribution in [3.63, 3.8) is 0 Å². The van der Waals surface area contributed by atoms with Gasteiger partial charge in [0.2, 0.25) is 0 Å². The highest BCUT2D eigenvalue weighted by Crippen LogP contribution is 2.24. The lowest BCUT2D eigenvalue weighted by Gasteiger charge is -2.12. The molecule has 56 valence electrons. The van der Waals surface area contributed by atoms with Crippen LogP contribution in [0, 0.1) is 5.92 Å². The molecule has 2 nitrogen and oxygen atoms in total. The SMILES string of the molecule is C1=NNC2CCCCCC12. The summed E-state index contributed by atoms with van der Waals surface area (Å²) in [6, 6.07) is 0.683. The second-order valence-corrected chi connectivity index (χ2v) is 3.32. The normalized spacial score (nSPS) is 38.4. The molecule has 0 aromatic carbocycles. The highest BCUT2D eigenvalue weighted by atomic mass is 15.3. The Morgan fingerprint density at radius 2 is 2.10 bits per heavy atom. The van der Waals surface area contributed by atoms with Crippen LogP contribution in [0.2, 0.25) is 0 Å². The van der Waals surface area contributed by atoms with Gasteiger partial charge in [0.25, 0.3) is 0 Å². The monoisotopic (exact) mass is 138 g/mol. The summed E-state index contributed by atoms with van der Waals surface area (Å²) >= 11 is 0. The van der Waals surface area contributed by atoms with Crippen molar-refractivity contribution in [3.05, 3.63) is 0 Å². The van der Waals surface area contributed by atoms with Gasteiger partial charge in [-0.05, 0) is 12.8 Å². The van der Waals surface area contributed by atoms with E-state index >= 15 is 0 Å². The van der Waals surface area contributed by atoms with Gasteiger partial charge in [-0.25, -0.2) is 0 Å². The van der Waals surface area contributed by atoms with Crippen molar-refractivity contribution in [3.8, 4) is 0 Å². The first-order valence-electron chi connectivity index (χ1n) is 4.25. The van der Waals surface area contributed by atoms with Gasteiger partial charge in [0.15, 0.2) is 0 Å². The molecule has 0 aromatic rings. The molecule has 1 heterocycles. The maximum Gasteiger partial charge on any atom is 0.0518 e. The molecule has 2 rings (SSSR count). The third-order valence-corrected chi connectivity index (χ3v) is 2.58. The minimum Gasteiger partial charge on any atom is -0.307 e. The molecule has 0 aromatic heterocycles. The Kier molecular flexibility index (Phi) is 1.61. The van der Waals surface area contributed by atoms with Crippen LogP contribution in [0.3, 0.4) is 0 Å². The fourth-order valence-electron chi connectivity index (χ4n) is 1.91. The number of hydrazone groups is 1. The van der Waals surface area contributed by atoms with E-state index in [1.807, 2.05) is 0 Å². The molecule has 0 spiro atoms. The van der Waals surface area contributed by atoms with Gasteiger partial charge in [-0.3, -0.25) is 0 Å². The van der Waals surface area contributed by atoms with Gasteiger partial charge in [0, 0.05) is 12.1 Å². The molecule has 2 aliphatic rings. The van der Waals surface area contributed by atoms with E-state index in [1.165, 1.54) is 32.1 Å². The van der Waals surface area contributed by atoms with Gasteiger partial charge in [-0.1, -0.05) is 19.3 Å². The standard InChI is InChI=1S/C8H14N2/c1-2-4-7-6-9-10-8(7)5-3-1/h6-8,10H,1-5H2. The van der Waals surface area contributed by atoms with Crippen LogP contribution >= 0.6 is 0 Å². The minimum absolute atomic E-state index is 0.683. The van der Waals surface area contributed by atoms with E-state index in [2.05, 4.69) is 16.7 Å². The van der Waals surface area contributed by atoms with Crippen LogP contribution < -0.4 is 5.43 Å². The van der Waals surface area contributed by atoms with Gasteiger partial charge in [0.1, 0.15) is 0 Å². The summed E-state index contributed by atoms with van der Waals surface area (Å²) in [6.45, 7) is 0. The average Bonchev–Trinajstić information content (AvgIpc) is 2.28. The third kappa shape index (κ3) is 1.02. The predicted octanol–water partition coefficient (Wildman–Crippen LogP) is 1.52.